The molecule has 2 aliphatic heterocycles. The molecule has 0 aromatic rings. The van der Waals surface area contributed by atoms with Crippen LogP contribution in [0.25, 0.3) is 0 Å². The Morgan fingerprint density at radius 1 is 0.895 bits per heavy atom. The third kappa shape index (κ3) is 2.85. The molecule has 3 aliphatic rings. The van der Waals surface area contributed by atoms with Crippen LogP contribution in [-0.2, 0) is 0 Å². The number of hydrogen-bond donors (Lipinski definition) is 1. The molecule has 1 N–H and O–H groups in total. The summed E-state index contributed by atoms with van der Waals surface area (Å²) in [4.78, 5) is 2.99. The summed E-state index contributed by atoms with van der Waals surface area (Å²) >= 11 is 0. The van der Waals surface area contributed by atoms with Gasteiger partial charge in [0.05, 0.1) is 0 Å². The van der Waals surface area contributed by atoms with Crippen LogP contribution < -0.4 is 5.32 Å². The summed E-state index contributed by atoms with van der Waals surface area (Å²) in [7, 11) is 2.16. The molecule has 19 heavy (non-hydrogen) atoms. The quantitative estimate of drug-likeness (QED) is 0.838. The molecule has 3 rings (SSSR count). The van der Waals surface area contributed by atoms with Gasteiger partial charge >= 0.3 is 0 Å². The Labute approximate surface area is 119 Å². The first kappa shape index (κ1) is 13.9. The minimum absolute atomic E-state index is 0.790. The number of nitrogens with zero attached hydrogens (tertiary/aromatic N) is 1. The number of fused-ring (bicyclic) bond motifs is 2. The monoisotopic (exact) mass is 264 g/mol. The van der Waals surface area contributed by atoms with Gasteiger partial charge in [0.15, 0.2) is 0 Å². The maximum atomic E-state index is 3.55. The van der Waals surface area contributed by atoms with Gasteiger partial charge in [0.1, 0.15) is 0 Å². The van der Waals surface area contributed by atoms with Crippen LogP contribution in [0.3, 0.4) is 0 Å². The Kier molecular flexibility index (Phi) is 4.48. The first-order valence-electron chi connectivity index (χ1n) is 8.76. The van der Waals surface area contributed by atoms with E-state index in [2.05, 4.69) is 24.2 Å². The van der Waals surface area contributed by atoms with Gasteiger partial charge in [0.25, 0.3) is 0 Å². The van der Waals surface area contributed by atoms with E-state index in [9.17, 15) is 0 Å². The molecule has 0 aromatic heterocycles. The number of nitrogens with one attached hydrogen (secondary N) is 1. The summed E-state index contributed by atoms with van der Waals surface area (Å²) in [5.74, 6) is 1.03. The van der Waals surface area contributed by atoms with E-state index < -0.39 is 0 Å². The molecule has 0 amide bonds. The van der Waals surface area contributed by atoms with Gasteiger partial charge < -0.3 is 5.32 Å². The van der Waals surface area contributed by atoms with Crippen LogP contribution in [0.4, 0.5) is 0 Å². The molecule has 1 saturated carbocycles. The summed E-state index contributed by atoms with van der Waals surface area (Å²) < 4.78 is 0. The van der Waals surface area contributed by atoms with Gasteiger partial charge in [0.2, 0.25) is 0 Å². The minimum Gasteiger partial charge on any atom is -0.317 e. The molecule has 2 bridgehead atoms. The lowest BCUT2D eigenvalue weighted by atomic mass is 9.77. The lowest BCUT2D eigenvalue weighted by Crippen LogP contribution is -2.59. The van der Waals surface area contributed by atoms with Gasteiger partial charge in [-0.15, -0.1) is 0 Å². The van der Waals surface area contributed by atoms with E-state index in [1.54, 1.807) is 0 Å². The Morgan fingerprint density at radius 2 is 1.53 bits per heavy atom. The van der Waals surface area contributed by atoms with Gasteiger partial charge in [-0.05, 0) is 64.3 Å². The van der Waals surface area contributed by atoms with Crippen LogP contribution in [0.2, 0.25) is 0 Å². The van der Waals surface area contributed by atoms with Crippen LogP contribution in [-0.4, -0.2) is 36.1 Å². The molecule has 2 atom stereocenters. The standard InChI is InChI=1S/C17H32N2/c1-3-13-7-9-15(10-8-13)19-16-5-4-6-17(19)12-14(11-16)18-2/h13-18H,3-12H2,1-2H3. The van der Waals surface area contributed by atoms with Crippen molar-refractivity contribution < 1.29 is 0 Å². The lowest BCUT2D eigenvalue weighted by molar-refractivity contribution is -0.0257. The second-order valence-corrected chi connectivity index (χ2v) is 7.23. The Bertz CT molecular complexity index is 269. The van der Waals surface area contributed by atoms with E-state index in [1.807, 2.05) is 0 Å². The number of rotatable bonds is 3. The molecule has 0 radical (unpaired) electrons. The van der Waals surface area contributed by atoms with Crippen LogP contribution in [0, 0.1) is 5.92 Å². The molecule has 0 aromatic carbocycles. The molecule has 0 spiro atoms. The molecular formula is C17H32N2. The van der Waals surface area contributed by atoms with Gasteiger partial charge in [-0.3, -0.25) is 4.90 Å². The summed E-state index contributed by atoms with van der Waals surface area (Å²) in [5.41, 5.74) is 0. The maximum Gasteiger partial charge on any atom is 0.0116 e. The highest BCUT2D eigenvalue weighted by Gasteiger charge is 2.41. The molecule has 2 heteroatoms. The normalized spacial score (nSPS) is 44.2. The van der Waals surface area contributed by atoms with E-state index in [-0.39, 0.29) is 0 Å². The summed E-state index contributed by atoms with van der Waals surface area (Å²) in [5, 5.41) is 3.55. The number of hydrogen-bond acceptors (Lipinski definition) is 2. The Hall–Kier alpha value is -0.0800. The average Bonchev–Trinajstić information content (AvgIpc) is 2.46. The zero-order chi connectivity index (χ0) is 13.2. The van der Waals surface area contributed by atoms with Gasteiger partial charge in [-0.25, -0.2) is 0 Å². The second-order valence-electron chi connectivity index (χ2n) is 7.23. The zero-order valence-corrected chi connectivity index (χ0v) is 12.9. The first-order chi connectivity index (χ1) is 9.31. The summed E-state index contributed by atoms with van der Waals surface area (Å²) in [6.45, 7) is 2.37. The van der Waals surface area contributed by atoms with Crippen LogP contribution >= 0.6 is 0 Å². The van der Waals surface area contributed by atoms with E-state index in [1.165, 1.54) is 64.2 Å². The minimum atomic E-state index is 0.790. The van der Waals surface area contributed by atoms with E-state index in [0.717, 1.165) is 30.1 Å². The van der Waals surface area contributed by atoms with Crippen molar-refractivity contribution in [2.75, 3.05) is 7.05 Å². The van der Waals surface area contributed by atoms with Crippen LogP contribution in [0.5, 0.6) is 0 Å². The van der Waals surface area contributed by atoms with Gasteiger partial charge in [0, 0.05) is 24.2 Å². The van der Waals surface area contributed by atoms with Crippen molar-refractivity contribution in [1.29, 1.82) is 0 Å². The first-order valence-corrected chi connectivity index (χ1v) is 8.76. The molecular weight excluding hydrogens is 232 g/mol. The lowest BCUT2D eigenvalue weighted by Gasteiger charge is -2.53. The smallest absolute Gasteiger partial charge is 0.0116 e. The van der Waals surface area contributed by atoms with Crippen molar-refractivity contribution in [2.45, 2.75) is 95.3 Å². The average molecular weight is 264 g/mol. The van der Waals surface area contributed by atoms with E-state index in [4.69, 9.17) is 0 Å². The second kappa shape index (κ2) is 6.13. The summed E-state index contributed by atoms with van der Waals surface area (Å²) in [6.07, 6.45) is 14.6. The Balaban J connectivity index is 1.64. The molecule has 2 nitrogen and oxygen atoms in total. The van der Waals surface area contributed by atoms with Crippen molar-refractivity contribution in [1.82, 2.24) is 10.2 Å². The highest BCUT2D eigenvalue weighted by Crippen LogP contribution is 2.40. The third-order valence-electron chi connectivity index (χ3n) is 6.25. The van der Waals surface area contributed by atoms with Crippen molar-refractivity contribution in [2.24, 2.45) is 5.92 Å². The fraction of sp³-hybridized carbons (Fsp3) is 1.00. The predicted octanol–water partition coefficient (Wildman–Crippen LogP) is 3.56. The SMILES string of the molecule is CCC1CCC(N2C3CCCC2CC(NC)C3)CC1. The largest absolute Gasteiger partial charge is 0.317 e. The molecule has 3 fully saturated rings. The van der Waals surface area contributed by atoms with Crippen LogP contribution in [0.1, 0.15) is 71.1 Å². The molecule has 2 saturated heterocycles. The van der Waals surface area contributed by atoms with Gasteiger partial charge in [-0.1, -0.05) is 19.8 Å². The van der Waals surface area contributed by atoms with E-state index >= 15 is 0 Å². The zero-order valence-electron chi connectivity index (χ0n) is 12.9. The van der Waals surface area contributed by atoms with Crippen molar-refractivity contribution in [3.63, 3.8) is 0 Å². The van der Waals surface area contributed by atoms with Crippen molar-refractivity contribution >= 4 is 0 Å². The molecule has 2 unspecified atom stereocenters. The highest BCUT2D eigenvalue weighted by atomic mass is 15.2. The highest BCUT2D eigenvalue weighted by molar-refractivity contribution is 4.98. The van der Waals surface area contributed by atoms with E-state index in [0.29, 0.717) is 0 Å². The maximum absolute atomic E-state index is 3.55. The predicted molar refractivity (Wildman–Crippen MR) is 81.4 cm³/mol. The fourth-order valence-corrected chi connectivity index (χ4v) is 5.10. The third-order valence-corrected chi connectivity index (χ3v) is 6.25. The van der Waals surface area contributed by atoms with Crippen molar-refractivity contribution in [3.05, 3.63) is 0 Å². The van der Waals surface area contributed by atoms with Gasteiger partial charge in [-0.2, -0.15) is 0 Å². The fourth-order valence-electron chi connectivity index (χ4n) is 5.10. The number of piperidine rings is 2. The molecule has 1 aliphatic carbocycles. The van der Waals surface area contributed by atoms with Crippen LogP contribution in [0.15, 0.2) is 0 Å². The molecule has 110 valence electrons. The topological polar surface area (TPSA) is 15.3 Å². The summed E-state index contributed by atoms with van der Waals surface area (Å²) in [6, 6.07) is 3.51. The van der Waals surface area contributed by atoms with Crippen molar-refractivity contribution in [3.8, 4) is 0 Å². The Morgan fingerprint density at radius 3 is 2.05 bits per heavy atom. The molecule has 2 heterocycles.